The van der Waals surface area contributed by atoms with Crippen LogP contribution in [0.2, 0.25) is 0 Å². The highest BCUT2D eigenvalue weighted by atomic mass is 79.9. The summed E-state index contributed by atoms with van der Waals surface area (Å²) in [5.74, 6) is 0.160. The zero-order chi connectivity index (χ0) is 11.4. The van der Waals surface area contributed by atoms with Gasteiger partial charge in [-0.3, -0.25) is 4.98 Å². The molecule has 4 heteroatoms. The Morgan fingerprint density at radius 1 is 1.56 bits per heavy atom. The van der Waals surface area contributed by atoms with Gasteiger partial charge in [0.2, 0.25) is 0 Å². The van der Waals surface area contributed by atoms with Gasteiger partial charge in [-0.1, -0.05) is 0 Å². The van der Waals surface area contributed by atoms with Gasteiger partial charge in [-0.2, -0.15) is 0 Å². The van der Waals surface area contributed by atoms with Crippen LogP contribution in [0.1, 0.15) is 18.4 Å². The molecular formula is C12H16BrFN2. The van der Waals surface area contributed by atoms with E-state index < -0.39 is 6.17 Å². The van der Waals surface area contributed by atoms with Gasteiger partial charge in [0.25, 0.3) is 0 Å². The summed E-state index contributed by atoms with van der Waals surface area (Å²) in [6.45, 7) is 1.84. The number of hydrogen-bond donors (Lipinski definition) is 1. The van der Waals surface area contributed by atoms with Crippen LogP contribution in [0.4, 0.5) is 4.39 Å². The fourth-order valence-corrected chi connectivity index (χ4v) is 2.56. The number of alkyl halides is 1. The molecule has 1 aliphatic heterocycles. The summed E-state index contributed by atoms with van der Waals surface area (Å²) >= 11 is 3.35. The van der Waals surface area contributed by atoms with E-state index in [4.69, 9.17) is 0 Å². The van der Waals surface area contributed by atoms with Crippen molar-refractivity contribution in [2.75, 3.05) is 13.1 Å². The molecule has 0 amide bonds. The first-order valence-corrected chi connectivity index (χ1v) is 6.49. The van der Waals surface area contributed by atoms with Crippen LogP contribution in [0.5, 0.6) is 0 Å². The molecule has 0 saturated carbocycles. The number of hydrogen-bond acceptors (Lipinski definition) is 2. The van der Waals surface area contributed by atoms with Gasteiger partial charge >= 0.3 is 0 Å². The number of pyridine rings is 1. The summed E-state index contributed by atoms with van der Waals surface area (Å²) in [5.41, 5.74) is 0.965. The topological polar surface area (TPSA) is 24.9 Å². The van der Waals surface area contributed by atoms with Crippen LogP contribution in [0.3, 0.4) is 0 Å². The molecule has 88 valence electrons. The van der Waals surface area contributed by atoms with Crippen LogP contribution in [0.25, 0.3) is 0 Å². The monoisotopic (exact) mass is 286 g/mol. The molecule has 2 nitrogen and oxygen atoms in total. The molecule has 0 radical (unpaired) electrons. The third kappa shape index (κ3) is 3.25. The third-order valence-corrected chi connectivity index (χ3v) is 3.47. The second-order valence-electron chi connectivity index (χ2n) is 4.34. The average Bonchev–Trinajstić information content (AvgIpc) is 2.30. The van der Waals surface area contributed by atoms with Crippen molar-refractivity contribution in [1.82, 2.24) is 10.3 Å². The predicted molar refractivity (Wildman–Crippen MR) is 66.1 cm³/mol. The number of piperidine rings is 1. The van der Waals surface area contributed by atoms with Crippen molar-refractivity contribution in [1.29, 1.82) is 0 Å². The van der Waals surface area contributed by atoms with Crippen molar-refractivity contribution < 1.29 is 4.39 Å². The van der Waals surface area contributed by atoms with Crippen molar-refractivity contribution in [3.05, 3.63) is 28.5 Å². The van der Waals surface area contributed by atoms with Crippen LogP contribution in [0.15, 0.2) is 22.9 Å². The standard InChI is InChI=1S/C12H16BrFN2/c13-11-4-9(6-16-8-11)5-12(14)10-2-1-3-15-7-10/h4,6,8,10,12,15H,1-3,5,7H2. The van der Waals surface area contributed by atoms with Gasteiger partial charge in [0.15, 0.2) is 0 Å². The number of aromatic nitrogens is 1. The number of nitrogens with zero attached hydrogens (tertiary/aromatic N) is 1. The zero-order valence-corrected chi connectivity index (χ0v) is 10.7. The molecule has 0 bridgehead atoms. The first kappa shape index (κ1) is 12.0. The summed E-state index contributed by atoms with van der Waals surface area (Å²) in [6, 6.07) is 1.94. The molecule has 1 N–H and O–H groups in total. The molecule has 1 aromatic rings. The maximum absolute atomic E-state index is 14.0. The summed E-state index contributed by atoms with van der Waals surface area (Å²) in [7, 11) is 0. The van der Waals surface area contributed by atoms with Gasteiger partial charge in [-0.05, 0) is 46.9 Å². The molecule has 0 aromatic carbocycles. The van der Waals surface area contributed by atoms with Crippen LogP contribution in [-0.2, 0) is 6.42 Å². The zero-order valence-electron chi connectivity index (χ0n) is 9.13. The molecule has 2 rings (SSSR count). The highest BCUT2D eigenvalue weighted by Gasteiger charge is 2.23. The Balaban J connectivity index is 1.93. The van der Waals surface area contributed by atoms with Crippen molar-refractivity contribution in [3.8, 4) is 0 Å². The largest absolute Gasteiger partial charge is 0.316 e. The van der Waals surface area contributed by atoms with E-state index in [1.807, 2.05) is 6.07 Å². The van der Waals surface area contributed by atoms with Crippen LogP contribution >= 0.6 is 15.9 Å². The molecular weight excluding hydrogens is 271 g/mol. The summed E-state index contributed by atoms with van der Waals surface area (Å²) in [6.07, 6.45) is 5.26. The van der Waals surface area contributed by atoms with E-state index in [1.165, 1.54) is 0 Å². The van der Waals surface area contributed by atoms with E-state index in [1.54, 1.807) is 12.4 Å². The van der Waals surface area contributed by atoms with E-state index >= 15 is 0 Å². The minimum absolute atomic E-state index is 0.160. The van der Waals surface area contributed by atoms with Gasteiger partial charge < -0.3 is 5.32 Å². The van der Waals surface area contributed by atoms with Crippen molar-refractivity contribution in [3.63, 3.8) is 0 Å². The minimum atomic E-state index is -0.760. The second-order valence-corrected chi connectivity index (χ2v) is 5.25. The Bertz CT molecular complexity index is 340. The highest BCUT2D eigenvalue weighted by Crippen LogP contribution is 2.21. The van der Waals surface area contributed by atoms with E-state index in [2.05, 4.69) is 26.2 Å². The smallest absolute Gasteiger partial charge is 0.108 e. The van der Waals surface area contributed by atoms with E-state index in [-0.39, 0.29) is 5.92 Å². The van der Waals surface area contributed by atoms with E-state index in [0.29, 0.717) is 6.42 Å². The number of nitrogens with one attached hydrogen (secondary N) is 1. The molecule has 1 aliphatic rings. The third-order valence-electron chi connectivity index (χ3n) is 3.04. The summed E-state index contributed by atoms with van der Waals surface area (Å²) in [4.78, 5) is 4.05. The average molecular weight is 287 g/mol. The lowest BCUT2D eigenvalue weighted by atomic mass is 9.91. The van der Waals surface area contributed by atoms with Crippen LogP contribution < -0.4 is 5.32 Å². The molecule has 1 fully saturated rings. The van der Waals surface area contributed by atoms with Crippen molar-refractivity contribution in [2.24, 2.45) is 5.92 Å². The van der Waals surface area contributed by atoms with E-state index in [0.717, 1.165) is 36.0 Å². The van der Waals surface area contributed by atoms with Gasteiger partial charge in [-0.25, -0.2) is 4.39 Å². The maximum atomic E-state index is 14.0. The Hall–Kier alpha value is -0.480. The van der Waals surface area contributed by atoms with Gasteiger partial charge in [0.1, 0.15) is 6.17 Å². The Labute approximate surface area is 104 Å². The van der Waals surface area contributed by atoms with E-state index in [9.17, 15) is 4.39 Å². The molecule has 1 aromatic heterocycles. The van der Waals surface area contributed by atoms with Gasteiger partial charge in [0, 0.05) is 35.7 Å². The van der Waals surface area contributed by atoms with Crippen LogP contribution in [-0.4, -0.2) is 24.2 Å². The summed E-state index contributed by atoms with van der Waals surface area (Å²) in [5, 5.41) is 3.25. The quantitative estimate of drug-likeness (QED) is 0.924. The molecule has 2 atom stereocenters. The normalized spacial score (nSPS) is 23.0. The fraction of sp³-hybridized carbons (Fsp3) is 0.583. The lowest BCUT2D eigenvalue weighted by Gasteiger charge is -2.25. The maximum Gasteiger partial charge on any atom is 0.108 e. The van der Waals surface area contributed by atoms with Crippen molar-refractivity contribution >= 4 is 15.9 Å². The first-order valence-electron chi connectivity index (χ1n) is 5.70. The summed E-state index contributed by atoms with van der Waals surface area (Å²) < 4.78 is 14.9. The van der Waals surface area contributed by atoms with Crippen molar-refractivity contribution in [2.45, 2.75) is 25.4 Å². The highest BCUT2D eigenvalue weighted by molar-refractivity contribution is 9.10. The van der Waals surface area contributed by atoms with Gasteiger partial charge in [-0.15, -0.1) is 0 Å². The predicted octanol–water partition coefficient (Wildman–Crippen LogP) is 2.72. The molecule has 2 unspecified atom stereocenters. The van der Waals surface area contributed by atoms with Crippen LogP contribution in [0, 0.1) is 5.92 Å². The number of rotatable bonds is 3. The minimum Gasteiger partial charge on any atom is -0.316 e. The lowest BCUT2D eigenvalue weighted by molar-refractivity contribution is 0.191. The lowest BCUT2D eigenvalue weighted by Crippen LogP contribution is -2.35. The molecule has 0 spiro atoms. The molecule has 0 aliphatic carbocycles. The van der Waals surface area contributed by atoms with Gasteiger partial charge in [0.05, 0.1) is 0 Å². The molecule has 2 heterocycles. The number of halogens is 2. The Morgan fingerprint density at radius 3 is 3.12 bits per heavy atom. The second kappa shape index (κ2) is 5.73. The molecule has 1 saturated heterocycles. The first-order chi connectivity index (χ1) is 7.75. The Kier molecular flexibility index (Phi) is 4.29. The molecule has 16 heavy (non-hydrogen) atoms. The SMILES string of the molecule is FC(Cc1cncc(Br)c1)C1CCCNC1. The Morgan fingerprint density at radius 2 is 2.44 bits per heavy atom. The fourth-order valence-electron chi connectivity index (χ4n) is 2.15.